The third kappa shape index (κ3) is 4.70. The molecular formula is C19H22FN3O2. The van der Waals surface area contributed by atoms with Crippen LogP contribution in [0.15, 0.2) is 42.5 Å². The molecule has 0 saturated carbocycles. The minimum atomic E-state index is -0.284. The molecule has 0 atom stereocenters. The molecule has 132 valence electrons. The van der Waals surface area contributed by atoms with Crippen LogP contribution in [-0.2, 0) is 9.53 Å². The normalized spacial score (nSPS) is 14.2. The van der Waals surface area contributed by atoms with E-state index in [-0.39, 0.29) is 18.3 Å². The monoisotopic (exact) mass is 343 g/mol. The molecule has 1 fully saturated rings. The molecule has 2 aromatic rings. The van der Waals surface area contributed by atoms with Crippen molar-refractivity contribution >= 4 is 23.0 Å². The van der Waals surface area contributed by atoms with E-state index in [9.17, 15) is 9.18 Å². The number of anilines is 3. The number of aryl methyl sites for hydroxylation is 1. The maximum Gasteiger partial charge on any atom is 0.243 e. The summed E-state index contributed by atoms with van der Waals surface area (Å²) in [5, 5.41) is 5.88. The van der Waals surface area contributed by atoms with Gasteiger partial charge < -0.3 is 20.3 Å². The van der Waals surface area contributed by atoms with Crippen molar-refractivity contribution in [2.45, 2.75) is 6.92 Å². The third-order valence-corrected chi connectivity index (χ3v) is 4.16. The van der Waals surface area contributed by atoms with E-state index in [0.717, 1.165) is 48.9 Å². The van der Waals surface area contributed by atoms with Crippen LogP contribution >= 0.6 is 0 Å². The number of rotatable bonds is 5. The Morgan fingerprint density at radius 3 is 2.56 bits per heavy atom. The molecular weight excluding hydrogens is 321 g/mol. The van der Waals surface area contributed by atoms with Crippen molar-refractivity contribution in [1.29, 1.82) is 0 Å². The Kier molecular flexibility index (Phi) is 5.50. The Morgan fingerprint density at radius 1 is 1.16 bits per heavy atom. The second kappa shape index (κ2) is 7.98. The molecule has 0 aromatic heterocycles. The lowest BCUT2D eigenvalue weighted by Crippen LogP contribution is -2.36. The van der Waals surface area contributed by atoms with Gasteiger partial charge in [0.2, 0.25) is 5.91 Å². The largest absolute Gasteiger partial charge is 0.378 e. The van der Waals surface area contributed by atoms with Gasteiger partial charge in [-0.1, -0.05) is 0 Å². The Bertz CT molecular complexity index is 728. The van der Waals surface area contributed by atoms with Crippen LogP contribution in [0.5, 0.6) is 0 Å². The van der Waals surface area contributed by atoms with Crippen LogP contribution in [0, 0.1) is 12.7 Å². The molecule has 25 heavy (non-hydrogen) atoms. The fraction of sp³-hybridized carbons (Fsp3) is 0.316. The van der Waals surface area contributed by atoms with Gasteiger partial charge in [-0.3, -0.25) is 4.79 Å². The SMILES string of the molecule is Cc1cc(F)ccc1NCC(=O)Nc1ccc(N2CCOCC2)cc1. The maximum atomic E-state index is 13.1. The number of hydrogen-bond donors (Lipinski definition) is 2. The number of morpholine rings is 1. The lowest BCUT2D eigenvalue weighted by atomic mass is 10.2. The summed E-state index contributed by atoms with van der Waals surface area (Å²) in [5.41, 5.74) is 3.39. The van der Waals surface area contributed by atoms with Gasteiger partial charge in [-0.05, 0) is 55.0 Å². The summed E-state index contributed by atoms with van der Waals surface area (Å²) in [7, 11) is 0. The molecule has 1 heterocycles. The zero-order valence-corrected chi connectivity index (χ0v) is 14.2. The molecule has 2 N–H and O–H groups in total. The molecule has 6 heteroatoms. The number of nitrogens with one attached hydrogen (secondary N) is 2. The fourth-order valence-corrected chi connectivity index (χ4v) is 2.78. The first-order valence-corrected chi connectivity index (χ1v) is 8.34. The number of carbonyl (C=O) groups is 1. The molecule has 0 spiro atoms. The summed E-state index contributed by atoms with van der Waals surface area (Å²) in [5.74, 6) is -0.435. The van der Waals surface area contributed by atoms with Crippen molar-refractivity contribution in [1.82, 2.24) is 0 Å². The van der Waals surface area contributed by atoms with E-state index < -0.39 is 0 Å². The van der Waals surface area contributed by atoms with Crippen LogP contribution < -0.4 is 15.5 Å². The van der Waals surface area contributed by atoms with Crippen LogP contribution in [-0.4, -0.2) is 38.8 Å². The van der Waals surface area contributed by atoms with Gasteiger partial charge >= 0.3 is 0 Å². The standard InChI is InChI=1S/C19H22FN3O2/c1-14-12-15(20)2-7-18(14)21-13-19(24)22-16-3-5-17(6-4-16)23-8-10-25-11-9-23/h2-7,12,21H,8-11,13H2,1H3,(H,22,24). The molecule has 3 rings (SSSR count). The molecule has 0 radical (unpaired) electrons. The van der Waals surface area contributed by atoms with Crippen molar-refractivity contribution in [2.75, 3.05) is 48.4 Å². The first-order chi connectivity index (χ1) is 12.1. The minimum absolute atomic E-state index is 0.123. The van der Waals surface area contributed by atoms with Crippen LogP contribution in [0.3, 0.4) is 0 Å². The van der Waals surface area contributed by atoms with E-state index in [1.165, 1.54) is 12.1 Å². The number of halogens is 1. The van der Waals surface area contributed by atoms with E-state index in [2.05, 4.69) is 15.5 Å². The lowest BCUT2D eigenvalue weighted by Gasteiger charge is -2.28. The highest BCUT2D eigenvalue weighted by Gasteiger charge is 2.11. The average molecular weight is 343 g/mol. The van der Waals surface area contributed by atoms with Gasteiger partial charge in [0, 0.05) is 30.2 Å². The zero-order valence-electron chi connectivity index (χ0n) is 14.2. The summed E-state index contributed by atoms with van der Waals surface area (Å²) in [6.45, 7) is 5.17. The zero-order chi connectivity index (χ0) is 17.6. The second-order valence-corrected chi connectivity index (χ2v) is 6.01. The number of hydrogen-bond acceptors (Lipinski definition) is 4. The van der Waals surface area contributed by atoms with Crippen molar-refractivity contribution < 1.29 is 13.9 Å². The van der Waals surface area contributed by atoms with Crippen molar-refractivity contribution in [3.63, 3.8) is 0 Å². The molecule has 5 nitrogen and oxygen atoms in total. The first kappa shape index (κ1) is 17.2. The summed E-state index contributed by atoms with van der Waals surface area (Å²) in [6.07, 6.45) is 0. The highest BCUT2D eigenvalue weighted by molar-refractivity contribution is 5.94. The number of carbonyl (C=O) groups excluding carboxylic acids is 1. The van der Waals surface area contributed by atoms with Gasteiger partial charge in [-0.15, -0.1) is 0 Å². The van der Waals surface area contributed by atoms with Crippen LogP contribution in [0.2, 0.25) is 0 Å². The molecule has 1 aliphatic rings. The first-order valence-electron chi connectivity index (χ1n) is 8.34. The maximum absolute atomic E-state index is 13.1. The van der Waals surface area contributed by atoms with E-state index in [1.807, 2.05) is 24.3 Å². The molecule has 1 saturated heterocycles. The molecule has 1 amide bonds. The highest BCUT2D eigenvalue weighted by Crippen LogP contribution is 2.19. The molecule has 0 bridgehead atoms. The van der Waals surface area contributed by atoms with Crippen molar-refractivity contribution in [2.24, 2.45) is 0 Å². The highest BCUT2D eigenvalue weighted by atomic mass is 19.1. The Labute approximate surface area is 146 Å². The van der Waals surface area contributed by atoms with Gasteiger partial charge in [0.25, 0.3) is 0 Å². The Morgan fingerprint density at radius 2 is 1.88 bits per heavy atom. The van der Waals surface area contributed by atoms with Crippen LogP contribution in [0.4, 0.5) is 21.5 Å². The van der Waals surface area contributed by atoms with Gasteiger partial charge in [0.1, 0.15) is 5.82 Å². The summed E-state index contributed by atoms with van der Waals surface area (Å²) in [4.78, 5) is 14.3. The lowest BCUT2D eigenvalue weighted by molar-refractivity contribution is -0.114. The quantitative estimate of drug-likeness (QED) is 0.876. The predicted octanol–water partition coefficient (Wildman–Crippen LogP) is 3.02. The van der Waals surface area contributed by atoms with E-state index in [0.29, 0.717) is 0 Å². The van der Waals surface area contributed by atoms with Gasteiger partial charge in [-0.2, -0.15) is 0 Å². The average Bonchev–Trinajstić information content (AvgIpc) is 2.62. The molecule has 0 aliphatic carbocycles. The number of nitrogens with zero attached hydrogens (tertiary/aromatic N) is 1. The molecule has 1 aliphatic heterocycles. The smallest absolute Gasteiger partial charge is 0.243 e. The van der Waals surface area contributed by atoms with Crippen LogP contribution in [0.1, 0.15) is 5.56 Å². The Balaban J connectivity index is 1.52. The molecule has 0 unspecified atom stereocenters. The number of ether oxygens (including phenoxy) is 1. The van der Waals surface area contributed by atoms with Crippen LogP contribution in [0.25, 0.3) is 0 Å². The van der Waals surface area contributed by atoms with Crippen molar-refractivity contribution in [3.8, 4) is 0 Å². The predicted molar refractivity (Wildman–Crippen MR) is 97.7 cm³/mol. The van der Waals surface area contributed by atoms with E-state index >= 15 is 0 Å². The molecule has 2 aromatic carbocycles. The summed E-state index contributed by atoms with van der Waals surface area (Å²) >= 11 is 0. The second-order valence-electron chi connectivity index (χ2n) is 6.01. The van der Waals surface area contributed by atoms with Gasteiger partial charge in [0.05, 0.1) is 19.8 Å². The summed E-state index contributed by atoms with van der Waals surface area (Å²) < 4.78 is 18.4. The van der Waals surface area contributed by atoms with Gasteiger partial charge in [0.15, 0.2) is 0 Å². The van der Waals surface area contributed by atoms with E-state index in [1.54, 1.807) is 13.0 Å². The van der Waals surface area contributed by atoms with Gasteiger partial charge in [-0.25, -0.2) is 4.39 Å². The summed E-state index contributed by atoms with van der Waals surface area (Å²) in [6, 6.07) is 12.2. The Hall–Kier alpha value is -2.60. The third-order valence-electron chi connectivity index (χ3n) is 4.16. The minimum Gasteiger partial charge on any atom is -0.378 e. The van der Waals surface area contributed by atoms with E-state index in [4.69, 9.17) is 4.74 Å². The van der Waals surface area contributed by atoms with Crippen molar-refractivity contribution in [3.05, 3.63) is 53.8 Å². The number of amides is 1. The fourth-order valence-electron chi connectivity index (χ4n) is 2.78. The topological polar surface area (TPSA) is 53.6 Å². The number of benzene rings is 2.